The summed E-state index contributed by atoms with van der Waals surface area (Å²) in [5.74, 6) is -0.201. The lowest BCUT2D eigenvalue weighted by Crippen LogP contribution is -2.31. The van der Waals surface area contributed by atoms with E-state index in [1.54, 1.807) is 6.08 Å². The van der Waals surface area contributed by atoms with Crippen molar-refractivity contribution in [1.29, 1.82) is 0 Å². The van der Waals surface area contributed by atoms with Crippen LogP contribution in [-0.2, 0) is 4.79 Å². The summed E-state index contributed by atoms with van der Waals surface area (Å²) in [6.07, 6.45) is 2.67. The van der Waals surface area contributed by atoms with Crippen molar-refractivity contribution in [2.75, 3.05) is 47.4 Å². The van der Waals surface area contributed by atoms with Gasteiger partial charge in [0.1, 0.15) is 12.4 Å². The Kier molecular flexibility index (Phi) is 7.50. The van der Waals surface area contributed by atoms with Gasteiger partial charge in [0.2, 0.25) is 0 Å². The van der Waals surface area contributed by atoms with Gasteiger partial charge in [-0.3, -0.25) is 0 Å². The number of hydrogen-bond acceptors (Lipinski definition) is 4. The smallest absolute Gasteiger partial charge is 0.328 e. The number of carboxylic acid groups (broad SMARTS) is 1. The second-order valence-corrected chi connectivity index (χ2v) is 5.20. The zero-order valence-corrected chi connectivity index (χ0v) is 13.0. The lowest BCUT2D eigenvalue weighted by atomic mass is 10.2. The number of carbonyl (C=O) groups is 1. The van der Waals surface area contributed by atoms with Crippen LogP contribution in [0, 0.1) is 0 Å². The van der Waals surface area contributed by atoms with E-state index >= 15 is 0 Å². The maximum atomic E-state index is 10.5. The number of nitrogens with zero attached hydrogens (tertiary/aromatic N) is 2. The van der Waals surface area contributed by atoms with E-state index in [1.807, 2.05) is 24.3 Å². The Morgan fingerprint density at radius 2 is 2.00 bits per heavy atom. The molecule has 1 N–H and O–H groups in total. The summed E-state index contributed by atoms with van der Waals surface area (Å²) in [5, 5.41) is 8.61. The molecular formula is C16H24N2O3. The van der Waals surface area contributed by atoms with Crippen molar-refractivity contribution >= 4 is 12.0 Å². The van der Waals surface area contributed by atoms with Crippen LogP contribution in [0.3, 0.4) is 0 Å². The molecule has 116 valence electrons. The van der Waals surface area contributed by atoms with Gasteiger partial charge >= 0.3 is 5.97 Å². The molecular weight excluding hydrogens is 268 g/mol. The van der Waals surface area contributed by atoms with E-state index < -0.39 is 5.97 Å². The van der Waals surface area contributed by atoms with E-state index in [-0.39, 0.29) is 0 Å². The van der Waals surface area contributed by atoms with Crippen LogP contribution in [0.25, 0.3) is 6.08 Å². The highest BCUT2D eigenvalue weighted by Gasteiger charge is 2.00. The molecule has 0 amide bonds. The number of aliphatic carboxylic acids is 1. The Labute approximate surface area is 126 Å². The quantitative estimate of drug-likeness (QED) is 0.702. The number of ether oxygens (including phenoxy) is 1. The minimum atomic E-state index is -0.955. The zero-order chi connectivity index (χ0) is 15.7. The molecule has 0 aliphatic heterocycles. The molecule has 1 aromatic carbocycles. The van der Waals surface area contributed by atoms with Crippen molar-refractivity contribution < 1.29 is 14.6 Å². The van der Waals surface area contributed by atoms with Gasteiger partial charge in [-0.2, -0.15) is 0 Å². The third-order valence-corrected chi connectivity index (χ3v) is 2.95. The van der Waals surface area contributed by atoms with Crippen LogP contribution in [0.15, 0.2) is 30.3 Å². The molecule has 0 radical (unpaired) electrons. The summed E-state index contributed by atoms with van der Waals surface area (Å²) in [6, 6.07) is 7.40. The monoisotopic (exact) mass is 292 g/mol. The molecule has 5 heteroatoms. The summed E-state index contributed by atoms with van der Waals surface area (Å²) in [6.45, 7) is 3.47. The van der Waals surface area contributed by atoms with Crippen molar-refractivity contribution in [1.82, 2.24) is 9.80 Å². The number of rotatable bonds is 9. The lowest BCUT2D eigenvalue weighted by molar-refractivity contribution is -0.131. The van der Waals surface area contributed by atoms with Gasteiger partial charge in [0, 0.05) is 25.7 Å². The molecule has 0 aliphatic carbocycles. The van der Waals surface area contributed by atoms with E-state index in [4.69, 9.17) is 9.84 Å². The fourth-order valence-corrected chi connectivity index (χ4v) is 1.68. The summed E-state index contributed by atoms with van der Waals surface area (Å²) in [7, 11) is 6.18. The first-order valence-electron chi connectivity index (χ1n) is 6.94. The molecule has 0 aliphatic rings. The molecule has 0 bridgehead atoms. The first kappa shape index (κ1) is 17.2. The third-order valence-electron chi connectivity index (χ3n) is 2.95. The van der Waals surface area contributed by atoms with Crippen molar-refractivity contribution in [3.05, 3.63) is 35.9 Å². The predicted octanol–water partition coefficient (Wildman–Crippen LogP) is 1.66. The molecule has 21 heavy (non-hydrogen) atoms. The molecule has 0 atom stereocenters. The largest absolute Gasteiger partial charge is 0.492 e. The Bertz CT molecular complexity index is 472. The average molecular weight is 292 g/mol. The number of benzene rings is 1. The van der Waals surface area contributed by atoms with Gasteiger partial charge in [-0.1, -0.05) is 12.1 Å². The van der Waals surface area contributed by atoms with Crippen LogP contribution in [0.2, 0.25) is 0 Å². The Morgan fingerprint density at radius 1 is 1.24 bits per heavy atom. The van der Waals surface area contributed by atoms with Gasteiger partial charge in [-0.25, -0.2) is 4.79 Å². The van der Waals surface area contributed by atoms with E-state index in [0.717, 1.165) is 37.0 Å². The molecule has 0 spiro atoms. The minimum absolute atomic E-state index is 0.607. The Balaban J connectivity index is 2.38. The predicted molar refractivity (Wildman–Crippen MR) is 84.7 cm³/mol. The zero-order valence-electron chi connectivity index (χ0n) is 13.0. The van der Waals surface area contributed by atoms with Crippen LogP contribution in [0.5, 0.6) is 5.75 Å². The number of carboxylic acids is 1. The van der Waals surface area contributed by atoms with Crippen LogP contribution in [0.1, 0.15) is 5.56 Å². The number of hydrogen-bond donors (Lipinski definition) is 1. The SMILES string of the molecule is CN(C)CCN(C)CCOc1cccc(C=CC(=O)O)c1. The molecule has 1 rings (SSSR count). The maximum absolute atomic E-state index is 10.5. The normalized spacial score (nSPS) is 11.5. The average Bonchev–Trinajstić information content (AvgIpc) is 2.43. The highest BCUT2D eigenvalue weighted by Crippen LogP contribution is 2.14. The van der Waals surface area contributed by atoms with Gasteiger partial charge in [0.05, 0.1) is 0 Å². The van der Waals surface area contributed by atoms with Crippen LogP contribution in [-0.4, -0.2) is 68.3 Å². The topological polar surface area (TPSA) is 53.0 Å². The van der Waals surface area contributed by atoms with Gasteiger partial charge < -0.3 is 19.6 Å². The summed E-state index contributed by atoms with van der Waals surface area (Å²) in [4.78, 5) is 14.9. The number of likely N-dealkylation sites (N-methyl/N-ethyl adjacent to an activating group) is 2. The maximum Gasteiger partial charge on any atom is 0.328 e. The van der Waals surface area contributed by atoms with Crippen molar-refractivity contribution in [2.24, 2.45) is 0 Å². The highest BCUT2D eigenvalue weighted by molar-refractivity contribution is 5.85. The van der Waals surface area contributed by atoms with E-state index in [1.165, 1.54) is 0 Å². The summed E-state index contributed by atoms with van der Waals surface area (Å²) in [5.41, 5.74) is 0.816. The molecule has 0 fully saturated rings. The Morgan fingerprint density at radius 3 is 2.67 bits per heavy atom. The molecule has 5 nitrogen and oxygen atoms in total. The van der Waals surface area contributed by atoms with Gasteiger partial charge in [0.25, 0.3) is 0 Å². The highest BCUT2D eigenvalue weighted by atomic mass is 16.5. The van der Waals surface area contributed by atoms with Crippen molar-refractivity contribution in [3.8, 4) is 5.75 Å². The second kappa shape index (κ2) is 9.15. The lowest BCUT2D eigenvalue weighted by Gasteiger charge is -2.19. The first-order chi connectivity index (χ1) is 9.97. The van der Waals surface area contributed by atoms with Crippen molar-refractivity contribution in [2.45, 2.75) is 0 Å². The third kappa shape index (κ3) is 8.12. The molecule has 0 saturated heterocycles. The fourth-order valence-electron chi connectivity index (χ4n) is 1.68. The minimum Gasteiger partial charge on any atom is -0.492 e. The summed E-state index contributed by atoms with van der Waals surface area (Å²) < 4.78 is 5.69. The van der Waals surface area contributed by atoms with Crippen LogP contribution in [0.4, 0.5) is 0 Å². The molecule has 0 saturated carbocycles. The van der Waals surface area contributed by atoms with E-state index in [9.17, 15) is 4.79 Å². The van der Waals surface area contributed by atoms with Gasteiger partial charge in [-0.05, 0) is 44.9 Å². The first-order valence-corrected chi connectivity index (χ1v) is 6.94. The second-order valence-electron chi connectivity index (χ2n) is 5.20. The Hall–Kier alpha value is -1.85. The van der Waals surface area contributed by atoms with E-state index in [0.29, 0.717) is 6.61 Å². The molecule has 0 unspecified atom stereocenters. The molecule has 0 heterocycles. The van der Waals surface area contributed by atoms with E-state index in [2.05, 4.69) is 30.9 Å². The summed E-state index contributed by atoms with van der Waals surface area (Å²) >= 11 is 0. The van der Waals surface area contributed by atoms with Crippen LogP contribution >= 0.6 is 0 Å². The fraction of sp³-hybridized carbons (Fsp3) is 0.438. The molecule has 1 aromatic rings. The van der Waals surface area contributed by atoms with Gasteiger partial charge in [0.15, 0.2) is 0 Å². The van der Waals surface area contributed by atoms with Crippen molar-refractivity contribution in [3.63, 3.8) is 0 Å². The van der Waals surface area contributed by atoms with Gasteiger partial charge in [-0.15, -0.1) is 0 Å². The standard InChI is InChI=1S/C16H24N2O3/c1-17(2)9-10-18(3)11-12-21-15-6-4-5-14(13-15)7-8-16(19)20/h4-8,13H,9-12H2,1-3H3,(H,19,20). The molecule has 0 aromatic heterocycles. The van der Waals surface area contributed by atoms with Crippen LogP contribution < -0.4 is 4.74 Å².